The lowest BCUT2D eigenvalue weighted by atomic mass is 9.97. The van der Waals surface area contributed by atoms with Gasteiger partial charge in [0.05, 0.1) is 16.8 Å². The van der Waals surface area contributed by atoms with Gasteiger partial charge in [0.25, 0.3) is 11.8 Å². The maximum absolute atomic E-state index is 13.5. The van der Waals surface area contributed by atoms with Crippen molar-refractivity contribution in [2.24, 2.45) is 0 Å². The third-order valence-corrected chi connectivity index (χ3v) is 5.49. The zero-order valence-corrected chi connectivity index (χ0v) is 18.2. The van der Waals surface area contributed by atoms with E-state index in [1.807, 2.05) is 32.9 Å². The van der Waals surface area contributed by atoms with Gasteiger partial charge in [-0.15, -0.1) is 0 Å². The van der Waals surface area contributed by atoms with E-state index in [1.165, 1.54) is 12.1 Å². The summed E-state index contributed by atoms with van der Waals surface area (Å²) in [5.74, 6) is -1.17. The molecule has 4 rings (SSSR count). The van der Waals surface area contributed by atoms with E-state index in [2.05, 4.69) is 5.32 Å². The van der Waals surface area contributed by atoms with Crippen molar-refractivity contribution in [1.29, 1.82) is 0 Å². The molecule has 2 amide bonds. The topological polar surface area (TPSA) is 49.4 Å². The maximum Gasteiger partial charge on any atom is 0.416 e. The van der Waals surface area contributed by atoms with Gasteiger partial charge in [0.1, 0.15) is 5.70 Å². The summed E-state index contributed by atoms with van der Waals surface area (Å²) in [5.41, 5.74) is 2.92. The molecule has 3 aromatic carbocycles. The molecule has 3 aromatic rings. The highest BCUT2D eigenvalue weighted by Gasteiger charge is 2.41. The zero-order valence-electron chi connectivity index (χ0n) is 18.2. The van der Waals surface area contributed by atoms with E-state index in [1.54, 1.807) is 30.3 Å². The molecule has 1 N–H and O–H groups in total. The van der Waals surface area contributed by atoms with E-state index in [4.69, 9.17) is 0 Å². The number of rotatable bonds is 4. The monoisotopic (exact) mass is 450 g/mol. The molecule has 0 spiro atoms. The molecule has 1 aliphatic rings. The number of nitrogens with one attached hydrogen (secondary N) is 1. The largest absolute Gasteiger partial charge is 0.416 e. The van der Waals surface area contributed by atoms with Gasteiger partial charge in [-0.25, -0.2) is 4.90 Å². The van der Waals surface area contributed by atoms with E-state index in [0.717, 1.165) is 33.7 Å². The van der Waals surface area contributed by atoms with Crippen molar-refractivity contribution in [1.82, 2.24) is 0 Å². The van der Waals surface area contributed by atoms with Gasteiger partial charge in [-0.3, -0.25) is 9.59 Å². The Morgan fingerprint density at radius 2 is 1.45 bits per heavy atom. The molecule has 1 aliphatic heterocycles. The van der Waals surface area contributed by atoms with Crippen LogP contribution in [0.15, 0.2) is 72.4 Å². The molecular formula is C26H21F3N2O2. The number of carbonyl (C=O) groups excluding carboxylic acids is 2. The van der Waals surface area contributed by atoms with Gasteiger partial charge < -0.3 is 5.32 Å². The number of carbonyl (C=O) groups is 2. The number of aryl methyl sites for hydroxylation is 3. The summed E-state index contributed by atoms with van der Waals surface area (Å²) in [6.07, 6.45) is -4.54. The van der Waals surface area contributed by atoms with E-state index in [-0.39, 0.29) is 17.0 Å². The van der Waals surface area contributed by atoms with Crippen LogP contribution in [-0.4, -0.2) is 11.8 Å². The molecule has 0 saturated carbocycles. The minimum Gasteiger partial charge on any atom is -0.350 e. The third kappa shape index (κ3) is 4.26. The predicted octanol–water partition coefficient (Wildman–Crippen LogP) is 6.03. The molecule has 0 radical (unpaired) electrons. The first-order chi connectivity index (χ1) is 15.6. The fourth-order valence-corrected chi connectivity index (χ4v) is 3.84. The van der Waals surface area contributed by atoms with Gasteiger partial charge in [-0.1, -0.05) is 47.5 Å². The Morgan fingerprint density at radius 3 is 2.09 bits per heavy atom. The van der Waals surface area contributed by atoms with Crippen LogP contribution < -0.4 is 10.2 Å². The second-order valence-corrected chi connectivity index (χ2v) is 8.05. The van der Waals surface area contributed by atoms with Crippen LogP contribution in [0.3, 0.4) is 0 Å². The molecule has 168 valence electrons. The quantitative estimate of drug-likeness (QED) is 0.494. The van der Waals surface area contributed by atoms with Crippen molar-refractivity contribution >= 4 is 28.8 Å². The number of imide groups is 1. The minimum atomic E-state index is -4.54. The summed E-state index contributed by atoms with van der Waals surface area (Å²) in [5, 5.41) is 2.80. The van der Waals surface area contributed by atoms with Gasteiger partial charge >= 0.3 is 6.18 Å². The second-order valence-electron chi connectivity index (χ2n) is 8.05. The van der Waals surface area contributed by atoms with Crippen LogP contribution >= 0.6 is 0 Å². The normalized spacial score (nSPS) is 14.3. The summed E-state index contributed by atoms with van der Waals surface area (Å²) >= 11 is 0. The van der Waals surface area contributed by atoms with Gasteiger partial charge in [0, 0.05) is 5.69 Å². The number of nitrogens with zero attached hydrogens (tertiary/aromatic N) is 1. The molecule has 0 unspecified atom stereocenters. The zero-order chi connectivity index (χ0) is 23.9. The Bertz CT molecular complexity index is 1290. The van der Waals surface area contributed by atoms with Crippen molar-refractivity contribution < 1.29 is 22.8 Å². The average Bonchev–Trinajstić information content (AvgIpc) is 2.98. The number of benzene rings is 3. The summed E-state index contributed by atoms with van der Waals surface area (Å²) in [6.45, 7) is 5.62. The maximum atomic E-state index is 13.5. The van der Waals surface area contributed by atoms with Crippen molar-refractivity contribution in [2.75, 3.05) is 10.2 Å². The number of hydrogen-bond donors (Lipinski definition) is 1. The van der Waals surface area contributed by atoms with Gasteiger partial charge in [0.2, 0.25) is 0 Å². The molecule has 0 saturated heterocycles. The van der Waals surface area contributed by atoms with Crippen molar-refractivity contribution in [3.05, 3.63) is 100 Å². The molecular weight excluding hydrogens is 429 g/mol. The van der Waals surface area contributed by atoms with Crippen LogP contribution in [0.5, 0.6) is 0 Å². The first-order valence-corrected chi connectivity index (χ1v) is 10.3. The highest BCUT2D eigenvalue weighted by atomic mass is 19.4. The standard InChI is InChI=1S/C26H21F3N2O2/c1-15-7-10-20(11-8-15)31-24(32)22(21-12-9-16(2)13-17(21)3)23(25(31)33)30-19-6-4-5-18(14-19)26(27,28)29/h4-14,30H,1-3H3. The summed E-state index contributed by atoms with van der Waals surface area (Å²) in [6, 6.07) is 16.9. The third-order valence-electron chi connectivity index (χ3n) is 5.49. The molecule has 4 nitrogen and oxygen atoms in total. The van der Waals surface area contributed by atoms with E-state index < -0.39 is 23.6 Å². The lowest BCUT2D eigenvalue weighted by molar-refractivity contribution is -0.137. The van der Waals surface area contributed by atoms with Gasteiger partial charge in [-0.05, 0) is 62.2 Å². The van der Waals surface area contributed by atoms with Crippen LogP contribution in [-0.2, 0) is 15.8 Å². The lowest BCUT2D eigenvalue weighted by Crippen LogP contribution is -2.32. The molecule has 1 heterocycles. The minimum absolute atomic E-state index is 0.0631. The number of anilines is 2. The molecule has 0 aromatic heterocycles. The highest BCUT2D eigenvalue weighted by Crippen LogP contribution is 2.36. The van der Waals surface area contributed by atoms with Crippen LogP contribution in [0.4, 0.5) is 24.5 Å². The predicted molar refractivity (Wildman–Crippen MR) is 122 cm³/mol. The average molecular weight is 450 g/mol. The summed E-state index contributed by atoms with van der Waals surface area (Å²) in [7, 11) is 0. The van der Waals surface area contributed by atoms with Crippen LogP contribution in [0.2, 0.25) is 0 Å². The van der Waals surface area contributed by atoms with Crippen molar-refractivity contribution in [2.45, 2.75) is 26.9 Å². The summed E-state index contributed by atoms with van der Waals surface area (Å²) in [4.78, 5) is 28.0. The lowest BCUT2D eigenvalue weighted by Gasteiger charge is -2.16. The smallest absolute Gasteiger partial charge is 0.350 e. The Morgan fingerprint density at radius 1 is 0.788 bits per heavy atom. The number of alkyl halides is 3. The number of hydrogen-bond acceptors (Lipinski definition) is 3. The summed E-state index contributed by atoms with van der Waals surface area (Å²) < 4.78 is 39.6. The van der Waals surface area contributed by atoms with E-state index in [9.17, 15) is 22.8 Å². The molecule has 7 heteroatoms. The molecule has 0 aliphatic carbocycles. The fourth-order valence-electron chi connectivity index (χ4n) is 3.84. The molecule has 0 fully saturated rings. The van der Waals surface area contributed by atoms with E-state index >= 15 is 0 Å². The van der Waals surface area contributed by atoms with E-state index in [0.29, 0.717) is 11.3 Å². The molecule has 0 bridgehead atoms. The van der Waals surface area contributed by atoms with Gasteiger partial charge in [-0.2, -0.15) is 13.2 Å². The van der Waals surface area contributed by atoms with Crippen molar-refractivity contribution in [3.63, 3.8) is 0 Å². The fraction of sp³-hybridized carbons (Fsp3) is 0.154. The Balaban J connectivity index is 1.85. The van der Waals surface area contributed by atoms with Crippen molar-refractivity contribution in [3.8, 4) is 0 Å². The van der Waals surface area contributed by atoms with Crippen LogP contribution in [0, 0.1) is 20.8 Å². The first kappa shape index (κ1) is 22.3. The number of halogens is 3. The Labute approximate surface area is 189 Å². The second kappa shape index (κ2) is 8.24. The Kier molecular flexibility index (Phi) is 5.57. The highest BCUT2D eigenvalue weighted by molar-refractivity contribution is 6.46. The van der Waals surface area contributed by atoms with Gasteiger partial charge in [0.15, 0.2) is 0 Å². The first-order valence-electron chi connectivity index (χ1n) is 10.3. The van der Waals surface area contributed by atoms with Crippen LogP contribution in [0.1, 0.15) is 27.8 Å². The van der Waals surface area contributed by atoms with Crippen LogP contribution in [0.25, 0.3) is 5.57 Å². The molecule has 0 atom stereocenters. The SMILES string of the molecule is Cc1ccc(N2C(=O)C(Nc3cccc(C(F)(F)F)c3)=C(c3ccc(C)cc3C)C2=O)cc1. The number of amides is 2. The molecule has 33 heavy (non-hydrogen) atoms. The Hall–Kier alpha value is -3.87.